The summed E-state index contributed by atoms with van der Waals surface area (Å²) in [6.45, 7) is 6.44. The summed E-state index contributed by atoms with van der Waals surface area (Å²) in [4.78, 5) is 2.30. The number of aryl methyl sites for hydroxylation is 1. The summed E-state index contributed by atoms with van der Waals surface area (Å²) in [5.41, 5.74) is 7.03. The first kappa shape index (κ1) is 19.3. The standard InChI is InChI=1S/C16H23F3N2.ClH/c1-11-9-15(16(17,18)19)4-3-14(11)10-21-7-5-13(6-8-21)12(2)20;/h3-4,9,12-13H,5-8,10,20H2,1-2H3;1H. The Balaban J connectivity index is 0.00000242. The van der Waals surface area contributed by atoms with E-state index in [1.54, 1.807) is 13.0 Å². The highest BCUT2D eigenvalue weighted by Gasteiger charge is 2.30. The number of likely N-dealkylation sites (tertiary alicyclic amines) is 1. The lowest BCUT2D eigenvalue weighted by Gasteiger charge is -2.34. The van der Waals surface area contributed by atoms with E-state index in [1.165, 1.54) is 12.1 Å². The summed E-state index contributed by atoms with van der Waals surface area (Å²) >= 11 is 0. The van der Waals surface area contributed by atoms with Crippen LogP contribution in [-0.2, 0) is 12.7 Å². The molecule has 0 spiro atoms. The molecule has 1 aromatic carbocycles. The number of hydrogen-bond acceptors (Lipinski definition) is 2. The quantitative estimate of drug-likeness (QED) is 0.904. The normalized spacial score (nSPS) is 18.8. The number of alkyl halides is 3. The van der Waals surface area contributed by atoms with Gasteiger partial charge in [-0.3, -0.25) is 4.90 Å². The van der Waals surface area contributed by atoms with Crippen LogP contribution in [0.4, 0.5) is 13.2 Å². The second-order valence-electron chi connectivity index (χ2n) is 6.11. The van der Waals surface area contributed by atoms with Crippen molar-refractivity contribution in [2.75, 3.05) is 13.1 Å². The molecule has 0 saturated carbocycles. The minimum absolute atomic E-state index is 0. The zero-order chi connectivity index (χ0) is 15.6. The van der Waals surface area contributed by atoms with E-state index in [0.717, 1.165) is 38.0 Å². The molecule has 2 nitrogen and oxygen atoms in total. The van der Waals surface area contributed by atoms with Crippen LogP contribution in [-0.4, -0.2) is 24.0 Å². The van der Waals surface area contributed by atoms with E-state index in [-0.39, 0.29) is 18.4 Å². The average molecular weight is 337 g/mol. The fraction of sp³-hybridized carbons (Fsp3) is 0.625. The van der Waals surface area contributed by atoms with E-state index in [2.05, 4.69) is 4.90 Å². The molecule has 2 rings (SSSR count). The third-order valence-corrected chi connectivity index (χ3v) is 4.44. The zero-order valence-electron chi connectivity index (χ0n) is 13.0. The van der Waals surface area contributed by atoms with Crippen molar-refractivity contribution in [2.45, 2.75) is 45.5 Å². The largest absolute Gasteiger partial charge is 0.416 e. The molecular formula is C16H24ClF3N2. The predicted molar refractivity (Wildman–Crippen MR) is 85.1 cm³/mol. The van der Waals surface area contributed by atoms with Gasteiger partial charge >= 0.3 is 6.18 Å². The molecule has 2 N–H and O–H groups in total. The van der Waals surface area contributed by atoms with Crippen LogP contribution in [0, 0.1) is 12.8 Å². The maximum Gasteiger partial charge on any atom is 0.416 e. The number of nitrogens with zero attached hydrogens (tertiary/aromatic N) is 1. The second-order valence-corrected chi connectivity index (χ2v) is 6.11. The van der Waals surface area contributed by atoms with Crippen molar-refractivity contribution in [3.05, 3.63) is 34.9 Å². The summed E-state index contributed by atoms with van der Waals surface area (Å²) < 4.78 is 38.0. The highest BCUT2D eigenvalue weighted by atomic mass is 35.5. The Hall–Kier alpha value is -0.780. The molecule has 0 amide bonds. The summed E-state index contributed by atoms with van der Waals surface area (Å²) in [5, 5.41) is 0. The fourth-order valence-electron chi connectivity index (χ4n) is 2.93. The minimum Gasteiger partial charge on any atom is -0.328 e. The number of rotatable bonds is 3. The summed E-state index contributed by atoms with van der Waals surface area (Å²) in [7, 11) is 0. The van der Waals surface area contributed by atoms with Crippen LogP contribution < -0.4 is 5.73 Å². The molecule has 0 aromatic heterocycles. The van der Waals surface area contributed by atoms with Gasteiger partial charge in [0.05, 0.1) is 5.56 Å². The Kier molecular flexibility index (Phi) is 6.71. The van der Waals surface area contributed by atoms with Gasteiger partial charge in [-0.25, -0.2) is 0 Å². The van der Waals surface area contributed by atoms with Crippen molar-refractivity contribution in [2.24, 2.45) is 11.7 Å². The summed E-state index contributed by atoms with van der Waals surface area (Å²) in [6, 6.07) is 4.25. The number of halogens is 4. The third-order valence-electron chi connectivity index (χ3n) is 4.44. The molecule has 126 valence electrons. The van der Waals surface area contributed by atoms with Crippen LogP contribution >= 0.6 is 12.4 Å². The molecule has 1 aromatic rings. The molecule has 1 aliphatic rings. The van der Waals surface area contributed by atoms with Crippen LogP contribution in [0.25, 0.3) is 0 Å². The van der Waals surface area contributed by atoms with Crippen molar-refractivity contribution < 1.29 is 13.2 Å². The van der Waals surface area contributed by atoms with Gasteiger partial charge in [0, 0.05) is 12.6 Å². The minimum atomic E-state index is -4.26. The zero-order valence-corrected chi connectivity index (χ0v) is 13.8. The second kappa shape index (κ2) is 7.66. The van der Waals surface area contributed by atoms with Crippen LogP contribution in [0.5, 0.6) is 0 Å². The van der Waals surface area contributed by atoms with Gasteiger partial charge in [-0.15, -0.1) is 12.4 Å². The molecular weight excluding hydrogens is 313 g/mol. The van der Waals surface area contributed by atoms with E-state index < -0.39 is 11.7 Å². The summed E-state index contributed by atoms with van der Waals surface area (Å²) in [6.07, 6.45) is -2.13. The smallest absolute Gasteiger partial charge is 0.328 e. The first-order chi connectivity index (χ1) is 9.77. The Morgan fingerprint density at radius 1 is 1.27 bits per heavy atom. The number of piperidine rings is 1. The highest BCUT2D eigenvalue weighted by molar-refractivity contribution is 5.85. The van der Waals surface area contributed by atoms with Gasteiger partial charge in [-0.2, -0.15) is 13.2 Å². The topological polar surface area (TPSA) is 29.3 Å². The molecule has 1 saturated heterocycles. The van der Waals surface area contributed by atoms with Gasteiger partial charge in [-0.1, -0.05) is 6.07 Å². The lowest BCUT2D eigenvalue weighted by atomic mass is 9.90. The molecule has 0 bridgehead atoms. The molecule has 1 aliphatic heterocycles. The van der Waals surface area contributed by atoms with Gasteiger partial charge < -0.3 is 5.73 Å². The molecule has 0 aliphatic carbocycles. The van der Waals surface area contributed by atoms with E-state index >= 15 is 0 Å². The highest BCUT2D eigenvalue weighted by Crippen LogP contribution is 2.31. The number of benzene rings is 1. The van der Waals surface area contributed by atoms with Gasteiger partial charge in [0.25, 0.3) is 0 Å². The average Bonchev–Trinajstić information content (AvgIpc) is 2.40. The maximum absolute atomic E-state index is 12.7. The molecule has 1 atom stereocenters. The first-order valence-corrected chi connectivity index (χ1v) is 7.42. The van der Waals surface area contributed by atoms with Crippen LogP contribution in [0.15, 0.2) is 18.2 Å². The van der Waals surface area contributed by atoms with Crippen LogP contribution in [0.2, 0.25) is 0 Å². The van der Waals surface area contributed by atoms with Crippen molar-refractivity contribution >= 4 is 12.4 Å². The van der Waals surface area contributed by atoms with E-state index in [0.29, 0.717) is 11.5 Å². The fourth-order valence-corrected chi connectivity index (χ4v) is 2.93. The Labute approximate surface area is 136 Å². The van der Waals surface area contributed by atoms with E-state index in [4.69, 9.17) is 5.73 Å². The number of hydrogen-bond donors (Lipinski definition) is 1. The van der Waals surface area contributed by atoms with E-state index in [9.17, 15) is 13.2 Å². The lowest BCUT2D eigenvalue weighted by Crippen LogP contribution is -2.39. The molecule has 22 heavy (non-hydrogen) atoms. The monoisotopic (exact) mass is 336 g/mol. The van der Waals surface area contributed by atoms with Gasteiger partial charge in [0.15, 0.2) is 0 Å². The first-order valence-electron chi connectivity index (χ1n) is 7.42. The van der Waals surface area contributed by atoms with Crippen molar-refractivity contribution in [3.63, 3.8) is 0 Å². The number of nitrogens with two attached hydrogens (primary N) is 1. The molecule has 1 unspecified atom stereocenters. The SMILES string of the molecule is Cc1cc(C(F)(F)F)ccc1CN1CCC(C(C)N)CC1.Cl. The third kappa shape index (κ3) is 4.86. The Morgan fingerprint density at radius 3 is 2.32 bits per heavy atom. The van der Waals surface area contributed by atoms with E-state index in [1.807, 2.05) is 6.92 Å². The predicted octanol–water partition coefficient (Wildman–Crippen LogP) is 3.99. The van der Waals surface area contributed by atoms with Crippen LogP contribution in [0.3, 0.4) is 0 Å². The molecule has 0 radical (unpaired) electrons. The van der Waals surface area contributed by atoms with Crippen molar-refractivity contribution in [3.8, 4) is 0 Å². The maximum atomic E-state index is 12.7. The Morgan fingerprint density at radius 2 is 1.86 bits per heavy atom. The van der Waals surface area contributed by atoms with Gasteiger partial charge in [0.2, 0.25) is 0 Å². The van der Waals surface area contributed by atoms with Gasteiger partial charge in [-0.05, 0) is 69.0 Å². The van der Waals surface area contributed by atoms with Crippen molar-refractivity contribution in [1.29, 1.82) is 0 Å². The molecule has 1 heterocycles. The lowest BCUT2D eigenvalue weighted by molar-refractivity contribution is -0.137. The van der Waals surface area contributed by atoms with Crippen LogP contribution in [0.1, 0.15) is 36.5 Å². The molecule has 1 fully saturated rings. The Bertz CT molecular complexity index is 481. The summed E-state index contributed by atoms with van der Waals surface area (Å²) in [5.74, 6) is 0.565. The van der Waals surface area contributed by atoms with Gasteiger partial charge in [0.1, 0.15) is 0 Å². The van der Waals surface area contributed by atoms with Crippen molar-refractivity contribution in [1.82, 2.24) is 4.90 Å². The molecule has 6 heteroatoms.